The Bertz CT molecular complexity index is 1200. The average Bonchev–Trinajstić information content (AvgIpc) is 2.88. The summed E-state index contributed by atoms with van der Waals surface area (Å²) < 4.78 is 38.6. The van der Waals surface area contributed by atoms with Gasteiger partial charge in [0.05, 0.1) is 24.9 Å². The van der Waals surface area contributed by atoms with Gasteiger partial charge in [0.2, 0.25) is 5.91 Å². The number of hydrogen-bond acceptors (Lipinski definition) is 8. The SMILES string of the molecule is CC(=O)N[C@H]1[C@H]([C@@H](O)[C@H](O)CNC(=O)c2ccc(Cl)cc2)O[C@@](OCc2cccc(F)c2F)(C(=O)O)C[C@@H]1O. The fourth-order valence-electron chi connectivity index (χ4n) is 4.04. The molecule has 1 saturated heterocycles. The number of aliphatic hydroxyl groups excluding tert-OH is 3. The fourth-order valence-corrected chi connectivity index (χ4v) is 4.17. The van der Waals surface area contributed by atoms with E-state index in [4.69, 9.17) is 21.1 Å². The monoisotopic (exact) mass is 572 g/mol. The van der Waals surface area contributed by atoms with E-state index < -0.39 is 85.2 Å². The van der Waals surface area contributed by atoms with E-state index in [9.17, 15) is 43.6 Å². The van der Waals surface area contributed by atoms with Gasteiger partial charge in [-0.1, -0.05) is 23.7 Å². The number of rotatable bonds is 10. The Hall–Kier alpha value is -3.20. The lowest BCUT2D eigenvalue weighted by atomic mass is 9.88. The number of ether oxygens (including phenoxy) is 2. The molecule has 0 saturated carbocycles. The van der Waals surface area contributed by atoms with Gasteiger partial charge in [0, 0.05) is 36.0 Å². The first-order valence-corrected chi connectivity index (χ1v) is 12.1. The predicted molar refractivity (Wildman–Crippen MR) is 130 cm³/mol. The average molecular weight is 573 g/mol. The highest BCUT2D eigenvalue weighted by Gasteiger charge is 2.55. The third-order valence-electron chi connectivity index (χ3n) is 6.07. The molecule has 6 atom stereocenters. The summed E-state index contributed by atoms with van der Waals surface area (Å²) >= 11 is 5.79. The summed E-state index contributed by atoms with van der Waals surface area (Å²) in [7, 11) is 0. The largest absolute Gasteiger partial charge is 0.477 e. The summed E-state index contributed by atoms with van der Waals surface area (Å²) in [6.45, 7) is -0.238. The Morgan fingerprint density at radius 2 is 1.85 bits per heavy atom. The van der Waals surface area contributed by atoms with Gasteiger partial charge in [-0.15, -0.1) is 0 Å². The summed E-state index contributed by atoms with van der Waals surface area (Å²) in [5.74, 6) is -8.24. The number of carboxylic acid groups (broad SMARTS) is 1. The maximum atomic E-state index is 14.1. The van der Waals surface area contributed by atoms with Gasteiger partial charge in [-0.05, 0) is 30.3 Å². The van der Waals surface area contributed by atoms with E-state index in [1.165, 1.54) is 30.3 Å². The number of aliphatic carboxylic acids is 1. The lowest BCUT2D eigenvalue weighted by Gasteiger charge is -2.46. The van der Waals surface area contributed by atoms with Crippen molar-refractivity contribution in [2.75, 3.05) is 6.54 Å². The molecule has 3 rings (SSSR count). The minimum Gasteiger partial charge on any atom is -0.477 e. The summed E-state index contributed by atoms with van der Waals surface area (Å²) in [5, 5.41) is 47.2. The molecule has 39 heavy (non-hydrogen) atoms. The van der Waals surface area contributed by atoms with Gasteiger partial charge >= 0.3 is 5.97 Å². The molecular weight excluding hydrogens is 546 g/mol. The normalized spacial score (nSPS) is 24.4. The van der Waals surface area contributed by atoms with Crippen LogP contribution in [-0.4, -0.2) is 81.0 Å². The van der Waals surface area contributed by atoms with Crippen LogP contribution < -0.4 is 10.6 Å². The molecule has 0 bridgehead atoms. The molecular formula is C25H27ClF2N2O9. The van der Waals surface area contributed by atoms with Crippen molar-refractivity contribution in [3.05, 3.63) is 70.2 Å². The molecule has 0 aromatic heterocycles. The molecule has 0 unspecified atom stereocenters. The number of carbonyl (C=O) groups excluding carboxylic acids is 2. The van der Waals surface area contributed by atoms with E-state index in [1.807, 2.05) is 0 Å². The van der Waals surface area contributed by atoms with Crippen molar-refractivity contribution in [2.45, 2.75) is 56.2 Å². The minimum absolute atomic E-state index is 0.199. The Labute approximate surface area is 226 Å². The van der Waals surface area contributed by atoms with Crippen LogP contribution in [0.2, 0.25) is 5.02 Å². The number of benzene rings is 2. The van der Waals surface area contributed by atoms with Crippen LogP contribution in [-0.2, 0) is 25.7 Å². The maximum absolute atomic E-state index is 14.1. The number of amides is 2. The van der Waals surface area contributed by atoms with Crippen LogP contribution in [0.3, 0.4) is 0 Å². The number of nitrogens with one attached hydrogen (secondary N) is 2. The van der Waals surface area contributed by atoms with Crippen LogP contribution in [0.4, 0.5) is 8.78 Å². The zero-order valence-corrected chi connectivity index (χ0v) is 21.3. The number of aliphatic hydroxyl groups is 3. The van der Waals surface area contributed by atoms with Crippen molar-refractivity contribution >= 4 is 29.4 Å². The van der Waals surface area contributed by atoms with Crippen LogP contribution in [0.1, 0.15) is 29.3 Å². The van der Waals surface area contributed by atoms with Gasteiger partial charge in [-0.25, -0.2) is 13.6 Å². The van der Waals surface area contributed by atoms with Crippen LogP contribution in [0, 0.1) is 11.6 Å². The molecule has 1 fully saturated rings. The van der Waals surface area contributed by atoms with Gasteiger partial charge in [0.1, 0.15) is 12.2 Å². The molecule has 1 heterocycles. The molecule has 0 aliphatic carbocycles. The van der Waals surface area contributed by atoms with Crippen molar-refractivity contribution in [1.82, 2.24) is 10.6 Å². The van der Waals surface area contributed by atoms with Gasteiger partial charge in [0.15, 0.2) is 11.6 Å². The second kappa shape index (κ2) is 12.8. The summed E-state index contributed by atoms with van der Waals surface area (Å²) in [4.78, 5) is 36.3. The molecule has 6 N–H and O–H groups in total. The Morgan fingerprint density at radius 3 is 2.46 bits per heavy atom. The van der Waals surface area contributed by atoms with Crippen molar-refractivity contribution in [2.24, 2.45) is 0 Å². The van der Waals surface area contributed by atoms with E-state index in [2.05, 4.69) is 10.6 Å². The van der Waals surface area contributed by atoms with E-state index in [0.717, 1.165) is 19.1 Å². The molecule has 0 radical (unpaired) electrons. The second-order valence-corrected chi connectivity index (χ2v) is 9.35. The van der Waals surface area contributed by atoms with E-state index in [0.29, 0.717) is 5.02 Å². The first-order valence-electron chi connectivity index (χ1n) is 11.7. The zero-order chi connectivity index (χ0) is 28.9. The lowest BCUT2D eigenvalue weighted by molar-refractivity contribution is -0.314. The summed E-state index contributed by atoms with van der Waals surface area (Å²) in [6, 6.07) is 7.55. The van der Waals surface area contributed by atoms with E-state index >= 15 is 0 Å². The highest BCUT2D eigenvalue weighted by molar-refractivity contribution is 6.30. The number of hydrogen-bond donors (Lipinski definition) is 6. The third kappa shape index (κ3) is 7.26. The highest BCUT2D eigenvalue weighted by Crippen LogP contribution is 2.34. The third-order valence-corrected chi connectivity index (χ3v) is 6.32. The predicted octanol–water partition coefficient (Wildman–Crippen LogP) is 0.722. The summed E-state index contributed by atoms with van der Waals surface area (Å²) in [6.07, 6.45) is -8.01. The van der Waals surface area contributed by atoms with Gasteiger partial charge in [-0.3, -0.25) is 9.59 Å². The van der Waals surface area contributed by atoms with Crippen LogP contribution in [0.5, 0.6) is 0 Å². The van der Waals surface area contributed by atoms with Crippen molar-refractivity contribution in [3.63, 3.8) is 0 Å². The number of carbonyl (C=O) groups is 3. The quantitative estimate of drug-likeness (QED) is 0.240. The van der Waals surface area contributed by atoms with Gasteiger partial charge in [-0.2, -0.15) is 0 Å². The zero-order valence-electron chi connectivity index (χ0n) is 20.5. The topological polar surface area (TPSA) is 175 Å². The standard InChI is InChI=1S/C25H27ClF2N2O9/c1-12(31)30-20-17(32)9-25(24(36)37,38-11-14-3-2-4-16(27)19(14)28)39-22(20)21(34)18(33)10-29-23(35)13-5-7-15(26)8-6-13/h2-8,17-18,20-22,32-34H,9-11H2,1H3,(H,29,35)(H,30,31)(H,36,37)/t17-,18+,20+,21-,22+,25+/m0/s1. The molecule has 11 nitrogen and oxygen atoms in total. The molecule has 2 amide bonds. The van der Waals surface area contributed by atoms with Crippen LogP contribution in [0.15, 0.2) is 42.5 Å². The Morgan fingerprint density at radius 1 is 1.18 bits per heavy atom. The molecule has 1 aliphatic heterocycles. The lowest BCUT2D eigenvalue weighted by Crippen LogP contribution is -2.68. The molecule has 212 valence electrons. The number of carboxylic acids is 1. The molecule has 2 aromatic carbocycles. The van der Waals surface area contributed by atoms with Crippen molar-refractivity contribution in [1.29, 1.82) is 0 Å². The van der Waals surface area contributed by atoms with Gasteiger partial charge < -0.3 is 40.5 Å². The molecule has 14 heteroatoms. The first-order chi connectivity index (χ1) is 18.3. The molecule has 0 spiro atoms. The first kappa shape index (κ1) is 30.3. The second-order valence-electron chi connectivity index (χ2n) is 8.91. The molecule has 2 aromatic rings. The smallest absolute Gasteiger partial charge is 0.364 e. The van der Waals surface area contributed by atoms with Gasteiger partial charge in [0.25, 0.3) is 11.7 Å². The maximum Gasteiger partial charge on any atom is 0.364 e. The van der Waals surface area contributed by atoms with Crippen LogP contribution in [0.25, 0.3) is 0 Å². The Kier molecular flexibility index (Phi) is 9.93. The van der Waals surface area contributed by atoms with E-state index in [1.54, 1.807) is 0 Å². The molecule has 1 aliphatic rings. The van der Waals surface area contributed by atoms with E-state index in [-0.39, 0.29) is 11.1 Å². The van der Waals surface area contributed by atoms with Crippen molar-refractivity contribution < 1.29 is 53.1 Å². The Balaban J connectivity index is 1.80. The van der Waals surface area contributed by atoms with Crippen LogP contribution >= 0.6 is 11.6 Å². The highest BCUT2D eigenvalue weighted by atomic mass is 35.5. The fraction of sp³-hybridized carbons (Fsp3) is 0.400. The number of halogens is 3. The minimum atomic E-state index is -2.69. The van der Waals surface area contributed by atoms with Crippen molar-refractivity contribution in [3.8, 4) is 0 Å². The summed E-state index contributed by atoms with van der Waals surface area (Å²) in [5.41, 5.74) is -0.149.